The highest BCUT2D eigenvalue weighted by Crippen LogP contribution is 1.96. The van der Waals surface area contributed by atoms with E-state index in [2.05, 4.69) is 31.4 Å². The van der Waals surface area contributed by atoms with Crippen molar-refractivity contribution in [1.29, 1.82) is 0 Å². The van der Waals surface area contributed by atoms with Crippen LogP contribution in [0, 0.1) is 11.8 Å². The second kappa shape index (κ2) is 8.91. The van der Waals surface area contributed by atoms with Crippen molar-refractivity contribution in [3.8, 4) is 11.8 Å². The molecule has 0 rings (SSSR count). The Morgan fingerprint density at radius 1 is 1.10 bits per heavy atom. The van der Waals surface area contributed by atoms with Crippen molar-refractivity contribution >= 4 is 12.6 Å². The van der Waals surface area contributed by atoms with Gasteiger partial charge < -0.3 is 0 Å². The number of unbranched alkanes of at least 4 members (excludes halogenated alkanes) is 3. The van der Waals surface area contributed by atoms with Gasteiger partial charge in [-0.25, -0.2) is 0 Å². The molecule has 0 radical (unpaired) electrons. The highest BCUT2D eigenvalue weighted by Gasteiger charge is 1.79. The molecule has 0 amide bonds. The summed E-state index contributed by atoms with van der Waals surface area (Å²) in [6.07, 6.45) is 5.87. The molecule has 0 aromatic carbocycles. The van der Waals surface area contributed by atoms with Crippen molar-refractivity contribution in [1.82, 2.24) is 0 Å². The van der Waals surface area contributed by atoms with Crippen molar-refractivity contribution in [3.63, 3.8) is 0 Å². The van der Waals surface area contributed by atoms with Gasteiger partial charge in [-0.15, -0.1) is 11.8 Å². The predicted molar refractivity (Wildman–Crippen MR) is 50.4 cm³/mol. The zero-order valence-electron chi connectivity index (χ0n) is 6.69. The summed E-state index contributed by atoms with van der Waals surface area (Å²) in [6, 6.07) is 0. The third-order valence-corrected chi connectivity index (χ3v) is 1.49. The number of rotatable bonds is 4. The van der Waals surface area contributed by atoms with Gasteiger partial charge in [-0.2, -0.15) is 12.6 Å². The fourth-order valence-electron chi connectivity index (χ4n) is 0.696. The second-order valence-electron chi connectivity index (χ2n) is 2.28. The first-order valence-corrected chi connectivity index (χ1v) is 4.61. The molecule has 0 aromatic rings. The van der Waals surface area contributed by atoms with Crippen molar-refractivity contribution in [2.75, 3.05) is 5.75 Å². The van der Waals surface area contributed by atoms with E-state index in [9.17, 15) is 0 Å². The smallest absolute Gasteiger partial charge is 0.0177 e. The lowest BCUT2D eigenvalue weighted by Crippen LogP contribution is -1.72. The highest BCUT2D eigenvalue weighted by molar-refractivity contribution is 7.80. The van der Waals surface area contributed by atoms with E-state index in [-0.39, 0.29) is 0 Å². The van der Waals surface area contributed by atoms with E-state index in [1.54, 1.807) is 0 Å². The lowest BCUT2D eigenvalue weighted by Gasteiger charge is -1.87. The van der Waals surface area contributed by atoms with Gasteiger partial charge in [0.05, 0.1) is 0 Å². The van der Waals surface area contributed by atoms with Crippen LogP contribution < -0.4 is 0 Å². The molecule has 1 heteroatoms. The Labute approximate surface area is 69.8 Å². The molecule has 0 saturated carbocycles. The van der Waals surface area contributed by atoms with Gasteiger partial charge in [0.1, 0.15) is 0 Å². The maximum Gasteiger partial charge on any atom is 0.0177 e. The Hall–Kier alpha value is -0.0900. The minimum atomic E-state index is 0.890. The molecule has 0 unspecified atom stereocenters. The largest absolute Gasteiger partial charge is 0.178 e. The van der Waals surface area contributed by atoms with Crippen molar-refractivity contribution < 1.29 is 0 Å². The fraction of sp³-hybridized carbons (Fsp3) is 0.778. The van der Waals surface area contributed by atoms with Crippen LogP contribution in [0.15, 0.2) is 0 Å². The molecule has 0 aromatic heterocycles. The monoisotopic (exact) mass is 156 g/mol. The first-order valence-electron chi connectivity index (χ1n) is 3.98. The van der Waals surface area contributed by atoms with Gasteiger partial charge >= 0.3 is 0 Å². The van der Waals surface area contributed by atoms with Crippen molar-refractivity contribution in [2.24, 2.45) is 0 Å². The van der Waals surface area contributed by atoms with Gasteiger partial charge in [-0.3, -0.25) is 0 Å². The molecule has 0 aliphatic rings. The van der Waals surface area contributed by atoms with Gasteiger partial charge in [0.2, 0.25) is 0 Å². The molecule has 0 atom stereocenters. The van der Waals surface area contributed by atoms with Crippen LogP contribution in [0.5, 0.6) is 0 Å². The molecule has 0 heterocycles. The summed E-state index contributed by atoms with van der Waals surface area (Å²) in [6.45, 7) is 2.21. The van der Waals surface area contributed by atoms with Crippen LogP contribution in [0.3, 0.4) is 0 Å². The third kappa shape index (κ3) is 7.91. The first-order chi connectivity index (χ1) is 4.91. The Balaban J connectivity index is 2.96. The molecular weight excluding hydrogens is 140 g/mol. The van der Waals surface area contributed by atoms with Crippen LogP contribution in [0.2, 0.25) is 0 Å². The van der Waals surface area contributed by atoms with Gasteiger partial charge in [-0.05, 0) is 6.42 Å². The second-order valence-corrected chi connectivity index (χ2v) is 2.73. The lowest BCUT2D eigenvalue weighted by atomic mass is 10.2. The van der Waals surface area contributed by atoms with Gasteiger partial charge in [-0.1, -0.05) is 19.8 Å². The zero-order valence-corrected chi connectivity index (χ0v) is 7.58. The molecule has 10 heavy (non-hydrogen) atoms. The maximum atomic E-state index is 4.06. The molecular formula is C9H16S. The van der Waals surface area contributed by atoms with Crippen LogP contribution >= 0.6 is 12.6 Å². The van der Waals surface area contributed by atoms with Crippen LogP contribution in [-0.4, -0.2) is 5.75 Å². The molecule has 0 aliphatic heterocycles. The molecule has 0 fully saturated rings. The van der Waals surface area contributed by atoms with E-state index < -0.39 is 0 Å². The summed E-state index contributed by atoms with van der Waals surface area (Å²) >= 11 is 4.06. The summed E-state index contributed by atoms with van der Waals surface area (Å²) in [5.41, 5.74) is 0. The SMILES string of the molecule is CCCCCC#CCCS. The van der Waals surface area contributed by atoms with Crippen LogP contribution in [-0.2, 0) is 0 Å². The number of thiol groups is 1. The Kier molecular flexibility index (Phi) is 8.83. The van der Waals surface area contributed by atoms with Gasteiger partial charge in [0.25, 0.3) is 0 Å². The maximum absolute atomic E-state index is 4.06. The highest BCUT2D eigenvalue weighted by atomic mass is 32.1. The topological polar surface area (TPSA) is 0 Å². The Morgan fingerprint density at radius 2 is 1.80 bits per heavy atom. The normalized spacial score (nSPS) is 8.60. The molecule has 0 aliphatic carbocycles. The van der Waals surface area contributed by atoms with E-state index in [1.807, 2.05) is 0 Å². The summed E-state index contributed by atoms with van der Waals surface area (Å²) in [4.78, 5) is 0. The van der Waals surface area contributed by atoms with Crippen LogP contribution in [0.4, 0.5) is 0 Å². The van der Waals surface area contributed by atoms with Crippen molar-refractivity contribution in [3.05, 3.63) is 0 Å². The summed E-state index contributed by atoms with van der Waals surface area (Å²) in [7, 11) is 0. The van der Waals surface area contributed by atoms with E-state index >= 15 is 0 Å². The van der Waals surface area contributed by atoms with Crippen molar-refractivity contribution in [2.45, 2.75) is 39.0 Å². The summed E-state index contributed by atoms with van der Waals surface area (Å²) in [5, 5.41) is 0. The van der Waals surface area contributed by atoms with Crippen LogP contribution in [0.1, 0.15) is 39.0 Å². The quantitative estimate of drug-likeness (QED) is 0.361. The standard InChI is InChI=1S/C9H16S/c1-2-3-4-5-6-7-8-9-10/h10H,2-5,8-9H2,1H3. The molecule has 58 valence electrons. The lowest BCUT2D eigenvalue weighted by molar-refractivity contribution is 0.737. The van der Waals surface area contributed by atoms with E-state index in [0.717, 1.165) is 18.6 Å². The van der Waals surface area contributed by atoms with E-state index in [0.29, 0.717) is 0 Å². The first kappa shape index (κ1) is 9.91. The average molecular weight is 156 g/mol. The third-order valence-electron chi connectivity index (χ3n) is 1.27. The van der Waals surface area contributed by atoms with Gasteiger partial charge in [0.15, 0.2) is 0 Å². The Bertz CT molecular complexity index is 108. The van der Waals surface area contributed by atoms with E-state index in [1.165, 1.54) is 19.3 Å². The van der Waals surface area contributed by atoms with Gasteiger partial charge in [0, 0.05) is 18.6 Å². The minimum absolute atomic E-state index is 0.890. The average Bonchev–Trinajstić information content (AvgIpc) is 1.97. The Morgan fingerprint density at radius 3 is 2.40 bits per heavy atom. The molecule has 0 spiro atoms. The number of hydrogen-bond acceptors (Lipinski definition) is 1. The molecule has 0 nitrogen and oxygen atoms in total. The molecule has 0 bridgehead atoms. The fourth-order valence-corrected chi connectivity index (χ4v) is 0.808. The van der Waals surface area contributed by atoms with E-state index in [4.69, 9.17) is 0 Å². The molecule has 0 N–H and O–H groups in total. The zero-order chi connectivity index (χ0) is 7.66. The van der Waals surface area contributed by atoms with Crippen LogP contribution in [0.25, 0.3) is 0 Å². The summed E-state index contributed by atoms with van der Waals surface area (Å²) in [5.74, 6) is 7.08. The summed E-state index contributed by atoms with van der Waals surface area (Å²) < 4.78 is 0. The predicted octanol–water partition coefficient (Wildman–Crippen LogP) is 2.89. The minimum Gasteiger partial charge on any atom is -0.178 e. The number of hydrogen-bond donors (Lipinski definition) is 1. The molecule has 0 saturated heterocycles.